The van der Waals surface area contributed by atoms with Gasteiger partial charge in [-0.3, -0.25) is 4.90 Å². The Morgan fingerprint density at radius 1 is 1.30 bits per heavy atom. The molecule has 1 aliphatic carbocycles. The van der Waals surface area contributed by atoms with Crippen molar-refractivity contribution in [3.8, 4) is 0 Å². The third kappa shape index (κ3) is 3.53. The second-order valence-corrected chi connectivity index (χ2v) is 8.96. The number of likely N-dealkylation sites (tertiary alicyclic amines) is 1. The molecule has 1 fully saturated rings. The zero-order valence-corrected chi connectivity index (χ0v) is 18.9. The SMILES string of the molecule is C=C(C)c1[nH]c2cccc3c2c1C[C@@H]1[C@@H]3C[C@H](NC(=O)N(CC)CC)CN1CCC. The normalized spacial score (nSPS) is 23.3. The molecule has 2 heterocycles. The van der Waals surface area contributed by atoms with Crippen molar-refractivity contribution in [2.45, 2.75) is 65.0 Å². The summed E-state index contributed by atoms with van der Waals surface area (Å²) in [4.78, 5) is 20.9. The summed E-state index contributed by atoms with van der Waals surface area (Å²) in [7, 11) is 0. The number of hydrogen-bond donors (Lipinski definition) is 2. The van der Waals surface area contributed by atoms with Gasteiger partial charge in [0.15, 0.2) is 0 Å². The molecular weight excluding hydrogens is 372 g/mol. The summed E-state index contributed by atoms with van der Waals surface area (Å²) < 4.78 is 0. The average molecular weight is 409 g/mol. The van der Waals surface area contributed by atoms with Gasteiger partial charge in [-0.05, 0) is 69.3 Å². The molecule has 2 aromatic rings. The second-order valence-electron chi connectivity index (χ2n) is 8.96. The van der Waals surface area contributed by atoms with Gasteiger partial charge >= 0.3 is 6.03 Å². The van der Waals surface area contributed by atoms with Crippen LogP contribution in [0.2, 0.25) is 0 Å². The number of nitrogens with zero attached hydrogens (tertiary/aromatic N) is 2. The van der Waals surface area contributed by atoms with Gasteiger partial charge in [0.1, 0.15) is 0 Å². The lowest BCUT2D eigenvalue weighted by Gasteiger charge is -2.47. The molecule has 1 aromatic heterocycles. The molecule has 0 saturated carbocycles. The van der Waals surface area contributed by atoms with Crippen molar-refractivity contribution < 1.29 is 4.79 Å². The number of rotatable bonds is 6. The van der Waals surface area contributed by atoms with Crippen LogP contribution < -0.4 is 5.32 Å². The number of allylic oxidation sites excluding steroid dienone is 1. The highest BCUT2D eigenvalue weighted by atomic mass is 16.2. The van der Waals surface area contributed by atoms with E-state index in [-0.39, 0.29) is 12.1 Å². The summed E-state index contributed by atoms with van der Waals surface area (Å²) in [5.41, 5.74) is 6.40. The highest BCUT2D eigenvalue weighted by molar-refractivity contribution is 5.93. The maximum absolute atomic E-state index is 12.7. The molecule has 5 heteroatoms. The quantitative estimate of drug-likeness (QED) is 0.725. The van der Waals surface area contributed by atoms with Gasteiger partial charge in [0.05, 0.1) is 0 Å². The van der Waals surface area contributed by atoms with Gasteiger partial charge in [0, 0.05) is 54.2 Å². The standard InChI is InChI=1S/C25H36N4O/c1-6-12-29-15-17(26-25(30)28(7-2)8-3)13-19-18-10-9-11-21-23(18)20(14-22(19)29)24(27-21)16(4)5/h9-11,17,19,22,27H,4,6-8,12-15H2,1-3,5H3,(H,26,30)/t17-,19+,22+/m0/s1. The largest absolute Gasteiger partial charge is 0.355 e. The molecule has 5 nitrogen and oxygen atoms in total. The van der Waals surface area contributed by atoms with E-state index < -0.39 is 0 Å². The maximum atomic E-state index is 12.7. The maximum Gasteiger partial charge on any atom is 0.317 e. The van der Waals surface area contributed by atoms with Crippen molar-refractivity contribution in [1.29, 1.82) is 0 Å². The lowest BCUT2D eigenvalue weighted by atomic mass is 9.73. The molecule has 2 aliphatic rings. The summed E-state index contributed by atoms with van der Waals surface area (Å²) in [6.07, 6.45) is 3.18. The van der Waals surface area contributed by atoms with Crippen molar-refractivity contribution in [2.75, 3.05) is 26.2 Å². The number of urea groups is 1. The molecule has 1 aliphatic heterocycles. The third-order valence-electron chi connectivity index (χ3n) is 7.02. The van der Waals surface area contributed by atoms with Crippen LogP contribution in [0.15, 0.2) is 24.8 Å². The first-order valence-corrected chi connectivity index (χ1v) is 11.6. The predicted octanol–water partition coefficient (Wildman–Crippen LogP) is 4.75. The average Bonchev–Trinajstić information content (AvgIpc) is 3.10. The van der Waals surface area contributed by atoms with Gasteiger partial charge in [-0.15, -0.1) is 0 Å². The first kappa shape index (κ1) is 21.0. The van der Waals surface area contributed by atoms with Crippen molar-refractivity contribution in [3.63, 3.8) is 0 Å². The van der Waals surface area contributed by atoms with Gasteiger partial charge in [-0.25, -0.2) is 4.79 Å². The summed E-state index contributed by atoms with van der Waals surface area (Å²) >= 11 is 0. The fourth-order valence-electron chi connectivity index (χ4n) is 5.68. The first-order valence-electron chi connectivity index (χ1n) is 11.6. The third-order valence-corrected chi connectivity index (χ3v) is 7.02. The van der Waals surface area contributed by atoms with E-state index in [1.807, 2.05) is 18.7 Å². The summed E-state index contributed by atoms with van der Waals surface area (Å²) in [6, 6.07) is 7.39. The smallest absolute Gasteiger partial charge is 0.317 e. The monoisotopic (exact) mass is 408 g/mol. The molecular formula is C25H36N4O. The molecule has 2 amide bonds. The van der Waals surface area contributed by atoms with Crippen LogP contribution in [0.25, 0.3) is 16.5 Å². The molecule has 1 aromatic carbocycles. The van der Waals surface area contributed by atoms with E-state index in [9.17, 15) is 4.79 Å². The molecule has 3 atom stereocenters. The number of nitrogens with one attached hydrogen (secondary N) is 2. The van der Waals surface area contributed by atoms with Crippen molar-refractivity contribution >= 4 is 22.5 Å². The Balaban J connectivity index is 1.70. The van der Waals surface area contributed by atoms with Crippen LogP contribution in [0.1, 0.15) is 63.3 Å². The Labute approximate surface area is 180 Å². The molecule has 30 heavy (non-hydrogen) atoms. The minimum Gasteiger partial charge on any atom is -0.355 e. The van der Waals surface area contributed by atoms with Gasteiger partial charge in [-0.1, -0.05) is 25.6 Å². The van der Waals surface area contributed by atoms with Gasteiger partial charge < -0.3 is 15.2 Å². The number of piperidine rings is 1. The van der Waals surface area contributed by atoms with Crippen LogP contribution in [0.3, 0.4) is 0 Å². The van der Waals surface area contributed by atoms with E-state index in [0.29, 0.717) is 12.0 Å². The zero-order valence-electron chi connectivity index (χ0n) is 18.9. The highest BCUT2D eigenvalue weighted by Gasteiger charge is 2.41. The predicted molar refractivity (Wildman–Crippen MR) is 125 cm³/mol. The van der Waals surface area contributed by atoms with E-state index in [4.69, 9.17) is 0 Å². The molecule has 1 saturated heterocycles. The van der Waals surface area contributed by atoms with E-state index in [1.54, 1.807) is 0 Å². The highest BCUT2D eigenvalue weighted by Crippen LogP contribution is 2.45. The number of benzene rings is 1. The van der Waals surface area contributed by atoms with Crippen LogP contribution in [0.5, 0.6) is 0 Å². The molecule has 162 valence electrons. The number of aromatic nitrogens is 1. The van der Waals surface area contributed by atoms with Crippen molar-refractivity contribution in [3.05, 3.63) is 41.6 Å². The fraction of sp³-hybridized carbons (Fsp3) is 0.560. The minimum absolute atomic E-state index is 0.0702. The Bertz CT molecular complexity index is 942. The first-order chi connectivity index (χ1) is 14.5. The van der Waals surface area contributed by atoms with Crippen molar-refractivity contribution in [2.24, 2.45) is 0 Å². The molecule has 0 spiro atoms. The summed E-state index contributed by atoms with van der Waals surface area (Å²) in [5.74, 6) is 0.442. The Kier molecular flexibility index (Phi) is 5.92. The Morgan fingerprint density at radius 2 is 2.07 bits per heavy atom. The van der Waals surface area contributed by atoms with E-state index in [1.165, 1.54) is 27.7 Å². The Morgan fingerprint density at radius 3 is 2.73 bits per heavy atom. The molecule has 0 radical (unpaired) electrons. The van der Waals surface area contributed by atoms with E-state index in [0.717, 1.165) is 51.0 Å². The van der Waals surface area contributed by atoms with Gasteiger partial charge in [-0.2, -0.15) is 0 Å². The number of carbonyl (C=O) groups excluding carboxylic acids is 1. The van der Waals surface area contributed by atoms with Crippen LogP contribution in [-0.4, -0.2) is 59.1 Å². The topological polar surface area (TPSA) is 51.4 Å². The van der Waals surface area contributed by atoms with Gasteiger partial charge in [0.2, 0.25) is 0 Å². The number of carbonyl (C=O) groups is 1. The Hall–Kier alpha value is -2.27. The van der Waals surface area contributed by atoms with Crippen molar-refractivity contribution in [1.82, 2.24) is 20.1 Å². The minimum atomic E-state index is 0.0702. The van der Waals surface area contributed by atoms with E-state index >= 15 is 0 Å². The molecule has 0 unspecified atom stereocenters. The second kappa shape index (κ2) is 8.46. The van der Waals surface area contributed by atoms with Crippen LogP contribution >= 0.6 is 0 Å². The molecule has 4 rings (SSSR count). The summed E-state index contributed by atoms with van der Waals surface area (Å²) in [6.45, 7) is 16.1. The lowest BCUT2D eigenvalue weighted by Crippen LogP contribution is -2.57. The summed E-state index contributed by atoms with van der Waals surface area (Å²) in [5, 5.41) is 4.74. The van der Waals surface area contributed by atoms with Crippen LogP contribution in [-0.2, 0) is 6.42 Å². The molecule has 2 N–H and O–H groups in total. The number of fused-ring (bicyclic) bond motifs is 2. The zero-order chi connectivity index (χ0) is 21.4. The number of H-pyrrole nitrogens is 1. The van der Waals surface area contributed by atoms with Gasteiger partial charge in [0.25, 0.3) is 0 Å². The number of aromatic amines is 1. The number of hydrogen-bond acceptors (Lipinski definition) is 2. The van der Waals surface area contributed by atoms with Crippen LogP contribution in [0.4, 0.5) is 4.79 Å². The number of amides is 2. The fourth-order valence-corrected chi connectivity index (χ4v) is 5.68. The lowest BCUT2D eigenvalue weighted by molar-refractivity contribution is 0.0979. The van der Waals surface area contributed by atoms with Crippen LogP contribution in [0, 0.1) is 0 Å². The molecule has 0 bridgehead atoms. The van der Waals surface area contributed by atoms with E-state index in [2.05, 4.69) is 53.8 Å².